The summed E-state index contributed by atoms with van der Waals surface area (Å²) in [7, 11) is -3.73. The van der Waals surface area contributed by atoms with Crippen LogP contribution < -0.4 is 20.0 Å². The van der Waals surface area contributed by atoms with Gasteiger partial charge in [-0.2, -0.15) is 0 Å². The standard InChI is InChI=1S/C24H23FN4O.C18H17FN2O2S.C13H13ClN2O/c25-17-2-4-22-19(14-17)20-15-29(8-7-23(20)26-22)18-3-5-21-16(13-18)1-6-24(27-21)28-9-11-30-12-10-28;1-12-2-5-14(6-3-12)24(22,23)21-17-7-4-13(19)10-15(17)16-11-20-9-8-18(16)21;14-11-2-3-12-10(9-11)1-4-13(15-12)16-5-7-17-8-6-16/h1-6,13-14,26H,7-12,15H2;2-7,10,20H,8-9,11H2,1H3;1-4,9H,5-8H2. The van der Waals surface area contributed by atoms with Crippen LogP contribution in [0.2, 0.25) is 5.02 Å². The van der Waals surface area contributed by atoms with E-state index in [1.165, 1.54) is 39.1 Å². The summed E-state index contributed by atoms with van der Waals surface area (Å²) in [5, 5.41) is 7.85. The Balaban J connectivity index is 0.000000120. The Hall–Kier alpha value is -6.62. The van der Waals surface area contributed by atoms with Crippen molar-refractivity contribution in [2.75, 3.05) is 80.4 Å². The van der Waals surface area contributed by atoms with E-state index in [-0.39, 0.29) is 16.5 Å². The highest BCUT2D eigenvalue weighted by Gasteiger charge is 2.29. The molecule has 2 fully saturated rings. The molecule has 0 aliphatic carbocycles. The molecule has 4 aliphatic rings. The fourth-order valence-electron chi connectivity index (χ4n) is 10.0. The molecule has 12 nitrogen and oxygen atoms in total. The molecule has 71 heavy (non-hydrogen) atoms. The number of aryl methyl sites for hydroxylation is 1. The Bertz CT molecular complexity index is 3540. The van der Waals surface area contributed by atoms with Gasteiger partial charge in [-0.1, -0.05) is 29.3 Å². The van der Waals surface area contributed by atoms with E-state index in [1.807, 2.05) is 37.3 Å². The number of rotatable bonds is 5. The Labute approximate surface area is 415 Å². The number of hydrogen-bond acceptors (Lipinski definition) is 10. The smallest absolute Gasteiger partial charge is 0.268 e. The average molecular weight is 996 g/mol. The minimum atomic E-state index is -3.73. The number of nitrogens with zero attached hydrogens (tertiary/aromatic N) is 6. The lowest BCUT2D eigenvalue weighted by Crippen LogP contribution is -2.36. The van der Waals surface area contributed by atoms with Gasteiger partial charge in [-0.3, -0.25) is 0 Å². The van der Waals surface area contributed by atoms with Crippen molar-refractivity contribution in [3.8, 4) is 0 Å². The first-order chi connectivity index (χ1) is 34.6. The Kier molecular flexibility index (Phi) is 13.1. The first-order valence-electron chi connectivity index (χ1n) is 24.1. The number of pyridine rings is 2. The highest BCUT2D eigenvalue weighted by molar-refractivity contribution is 7.90. The maximum absolute atomic E-state index is 13.8. The van der Waals surface area contributed by atoms with Crippen LogP contribution >= 0.6 is 11.6 Å². The number of benzene rings is 5. The second-order valence-electron chi connectivity index (χ2n) is 18.3. The number of anilines is 3. The lowest BCUT2D eigenvalue weighted by molar-refractivity contribution is 0.122. The van der Waals surface area contributed by atoms with E-state index in [4.69, 9.17) is 26.1 Å². The van der Waals surface area contributed by atoms with Gasteiger partial charge < -0.3 is 34.5 Å². The van der Waals surface area contributed by atoms with Crippen molar-refractivity contribution in [1.82, 2.24) is 24.2 Å². The van der Waals surface area contributed by atoms with Crippen LogP contribution in [0.4, 0.5) is 26.1 Å². The Morgan fingerprint density at radius 2 is 1.27 bits per heavy atom. The fourth-order valence-corrected chi connectivity index (χ4v) is 11.8. The van der Waals surface area contributed by atoms with Crippen molar-refractivity contribution in [2.45, 2.75) is 37.8 Å². The van der Waals surface area contributed by atoms with Crippen LogP contribution in [0.25, 0.3) is 43.6 Å². The lowest BCUT2D eigenvalue weighted by atomic mass is 10.0. The number of nitrogens with one attached hydrogen (secondary N) is 2. The molecule has 0 atom stereocenters. The maximum Gasteiger partial charge on any atom is 0.268 e. The average Bonchev–Trinajstić information content (AvgIpc) is 3.94. The van der Waals surface area contributed by atoms with Gasteiger partial charge in [0, 0.05) is 120 Å². The van der Waals surface area contributed by atoms with Crippen LogP contribution in [-0.2, 0) is 45.4 Å². The van der Waals surface area contributed by atoms with Crippen LogP contribution in [0.5, 0.6) is 0 Å². The van der Waals surface area contributed by atoms with Gasteiger partial charge in [0.05, 0.1) is 47.9 Å². The van der Waals surface area contributed by atoms with Crippen LogP contribution in [0.15, 0.2) is 126 Å². The summed E-state index contributed by atoms with van der Waals surface area (Å²) in [5.74, 6) is 1.49. The third-order valence-corrected chi connectivity index (χ3v) is 15.8. The zero-order valence-corrected chi connectivity index (χ0v) is 40.9. The highest BCUT2D eigenvalue weighted by Crippen LogP contribution is 2.35. The number of halogens is 3. The zero-order chi connectivity index (χ0) is 48.6. The molecule has 2 N–H and O–H groups in total. The first kappa shape index (κ1) is 46.7. The molecule has 9 aromatic rings. The predicted molar refractivity (Wildman–Crippen MR) is 279 cm³/mol. The molecule has 16 heteroatoms. The van der Waals surface area contributed by atoms with Gasteiger partial charge in [-0.15, -0.1) is 0 Å². The molecular formula is C55H53ClF2N8O4S. The summed E-state index contributed by atoms with van der Waals surface area (Å²) in [6, 6.07) is 36.7. The van der Waals surface area contributed by atoms with Gasteiger partial charge in [0.2, 0.25) is 0 Å². The second-order valence-corrected chi connectivity index (χ2v) is 20.5. The van der Waals surface area contributed by atoms with Crippen molar-refractivity contribution in [1.29, 1.82) is 0 Å². The molecule has 0 unspecified atom stereocenters. The molecule has 0 bridgehead atoms. The fraction of sp³-hybridized carbons (Fsp3) is 0.273. The number of ether oxygens (including phenoxy) is 2. The van der Waals surface area contributed by atoms with E-state index in [1.54, 1.807) is 36.4 Å². The number of aromatic amines is 1. The molecule has 5 aromatic carbocycles. The molecular weight excluding hydrogens is 942 g/mol. The van der Waals surface area contributed by atoms with Crippen LogP contribution in [0, 0.1) is 18.6 Å². The maximum atomic E-state index is 13.8. The van der Waals surface area contributed by atoms with Gasteiger partial charge in [-0.05, 0) is 122 Å². The molecule has 0 amide bonds. The van der Waals surface area contributed by atoms with Crippen LogP contribution in [0.3, 0.4) is 0 Å². The number of aromatic nitrogens is 4. The molecule has 8 heterocycles. The molecule has 0 spiro atoms. The zero-order valence-electron chi connectivity index (χ0n) is 39.3. The molecule has 13 rings (SSSR count). The SMILES string of the molecule is Cc1ccc(S(=O)(=O)n2c3c(c4cc(F)ccc42)CNCC3)cc1.Clc1ccc2nc(N3CCOCC3)ccc2c1.Fc1ccc2[nH]c3c(c2c1)CN(c1ccc2nc(N4CCOCC4)ccc2c1)CC3. The summed E-state index contributed by atoms with van der Waals surface area (Å²) in [5.41, 5.74) is 9.77. The quantitative estimate of drug-likeness (QED) is 0.173. The summed E-state index contributed by atoms with van der Waals surface area (Å²) in [4.78, 5) is 20.1. The van der Waals surface area contributed by atoms with E-state index in [9.17, 15) is 17.2 Å². The van der Waals surface area contributed by atoms with E-state index < -0.39 is 10.0 Å². The molecule has 4 aliphatic heterocycles. The van der Waals surface area contributed by atoms with Crippen molar-refractivity contribution in [3.63, 3.8) is 0 Å². The Morgan fingerprint density at radius 1 is 0.634 bits per heavy atom. The monoisotopic (exact) mass is 994 g/mol. The van der Waals surface area contributed by atoms with Crippen molar-refractivity contribution in [3.05, 3.63) is 166 Å². The summed E-state index contributed by atoms with van der Waals surface area (Å²) >= 11 is 5.95. The Morgan fingerprint density at radius 3 is 1.96 bits per heavy atom. The van der Waals surface area contributed by atoms with E-state index in [2.05, 4.69) is 66.4 Å². The molecule has 0 radical (unpaired) electrons. The lowest BCUT2D eigenvalue weighted by Gasteiger charge is -2.30. The number of hydrogen-bond donors (Lipinski definition) is 2. The predicted octanol–water partition coefficient (Wildman–Crippen LogP) is 9.95. The second kappa shape index (κ2) is 19.9. The largest absolute Gasteiger partial charge is 0.378 e. The van der Waals surface area contributed by atoms with Crippen LogP contribution in [-0.4, -0.2) is 93.0 Å². The van der Waals surface area contributed by atoms with Gasteiger partial charge in [0.15, 0.2) is 0 Å². The summed E-state index contributed by atoms with van der Waals surface area (Å²) < 4.78 is 66.1. The van der Waals surface area contributed by atoms with Crippen molar-refractivity contribution >= 4 is 82.6 Å². The summed E-state index contributed by atoms with van der Waals surface area (Å²) in [6.07, 6.45) is 1.52. The van der Waals surface area contributed by atoms with Crippen molar-refractivity contribution < 1.29 is 26.7 Å². The minimum Gasteiger partial charge on any atom is -0.378 e. The first-order valence-corrected chi connectivity index (χ1v) is 25.9. The topological polar surface area (TPSA) is 121 Å². The van der Waals surface area contributed by atoms with Gasteiger partial charge >= 0.3 is 0 Å². The molecule has 364 valence electrons. The molecule has 0 saturated carbocycles. The third-order valence-electron chi connectivity index (χ3n) is 13.8. The highest BCUT2D eigenvalue weighted by atomic mass is 35.5. The number of morpholine rings is 2. The van der Waals surface area contributed by atoms with Gasteiger partial charge in [-0.25, -0.2) is 31.1 Å². The number of H-pyrrole nitrogens is 1. The van der Waals surface area contributed by atoms with Crippen molar-refractivity contribution in [2.24, 2.45) is 0 Å². The molecule has 4 aromatic heterocycles. The number of fused-ring (bicyclic) bond motifs is 8. The third kappa shape index (κ3) is 9.64. The van der Waals surface area contributed by atoms with E-state index in [0.29, 0.717) is 30.4 Å². The van der Waals surface area contributed by atoms with Gasteiger partial charge in [0.25, 0.3) is 10.0 Å². The van der Waals surface area contributed by atoms with E-state index >= 15 is 0 Å². The van der Waals surface area contributed by atoms with Crippen LogP contribution in [0.1, 0.15) is 28.1 Å². The minimum absolute atomic E-state index is 0.186. The normalized spacial score (nSPS) is 16.1. The van der Waals surface area contributed by atoms with E-state index in [0.717, 1.165) is 138 Å². The molecule has 2 saturated heterocycles. The summed E-state index contributed by atoms with van der Waals surface area (Å²) in [6.45, 7) is 11.5. The van der Waals surface area contributed by atoms with Gasteiger partial charge in [0.1, 0.15) is 23.3 Å².